The molecule has 0 spiro atoms. The van der Waals surface area contributed by atoms with E-state index in [-0.39, 0.29) is 5.91 Å². The molecule has 0 radical (unpaired) electrons. The quantitative estimate of drug-likeness (QED) is 0.488. The van der Waals surface area contributed by atoms with Crippen molar-refractivity contribution in [1.82, 2.24) is 4.37 Å². The Bertz CT molecular complexity index is 1040. The number of carbonyl (C=O) groups excluding carboxylic acids is 1. The lowest BCUT2D eigenvalue weighted by atomic mass is 10.0. The summed E-state index contributed by atoms with van der Waals surface area (Å²) in [6.07, 6.45) is 1.22. The molecule has 8 heteroatoms. The highest BCUT2D eigenvalue weighted by molar-refractivity contribution is 7.04. The maximum atomic E-state index is 12.2. The number of benzene rings is 2. The molecule has 0 unspecified atom stereocenters. The van der Waals surface area contributed by atoms with Crippen LogP contribution in [0.3, 0.4) is 0 Å². The van der Waals surface area contributed by atoms with Crippen molar-refractivity contribution in [3.05, 3.63) is 35.7 Å². The Balaban J connectivity index is 2.07. The topological polar surface area (TPSA) is 78.9 Å². The molecule has 3 rings (SSSR count). The lowest BCUT2D eigenvalue weighted by Crippen LogP contribution is -2.11. The van der Waals surface area contributed by atoms with Gasteiger partial charge in [0.25, 0.3) is 0 Å². The summed E-state index contributed by atoms with van der Waals surface area (Å²) in [6, 6.07) is 9.42. The Morgan fingerprint density at radius 3 is 2.19 bits per heavy atom. The van der Waals surface area contributed by atoms with Crippen molar-refractivity contribution in [2.45, 2.75) is 19.8 Å². The molecule has 0 aliphatic heterocycles. The van der Waals surface area contributed by atoms with Gasteiger partial charge in [-0.2, -0.15) is 4.37 Å². The van der Waals surface area contributed by atoms with Gasteiger partial charge in [0.15, 0.2) is 11.5 Å². The van der Waals surface area contributed by atoms with Gasteiger partial charge in [0.2, 0.25) is 11.7 Å². The highest BCUT2D eigenvalue weighted by Crippen LogP contribution is 2.44. The minimum Gasteiger partial charge on any atom is -0.495 e. The first-order chi connectivity index (χ1) is 15.1. The van der Waals surface area contributed by atoms with Crippen molar-refractivity contribution in [1.29, 1.82) is 0 Å². The van der Waals surface area contributed by atoms with Crippen LogP contribution in [0, 0.1) is 0 Å². The summed E-state index contributed by atoms with van der Waals surface area (Å²) in [4.78, 5) is 12.2. The van der Waals surface area contributed by atoms with E-state index in [4.69, 9.17) is 18.9 Å². The third kappa shape index (κ3) is 4.74. The Hall–Kier alpha value is -3.26. The van der Waals surface area contributed by atoms with Crippen LogP contribution < -0.4 is 24.3 Å². The highest BCUT2D eigenvalue weighted by atomic mass is 32.1. The number of nitrogens with one attached hydrogen (secondary N) is 1. The number of hydrogen-bond donors (Lipinski definition) is 1. The summed E-state index contributed by atoms with van der Waals surface area (Å²) < 4.78 is 26.4. The zero-order chi connectivity index (χ0) is 22.4. The van der Waals surface area contributed by atoms with Crippen molar-refractivity contribution in [3.63, 3.8) is 0 Å². The number of anilines is 1. The number of carbonyl (C=O) groups is 1. The fourth-order valence-electron chi connectivity index (χ4n) is 3.28. The Kier molecular flexibility index (Phi) is 7.36. The molecule has 7 nitrogen and oxygen atoms in total. The van der Waals surface area contributed by atoms with Gasteiger partial charge < -0.3 is 24.3 Å². The molecule has 164 valence electrons. The number of amides is 1. The van der Waals surface area contributed by atoms with Crippen LogP contribution in [0.1, 0.15) is 19.8 Å². The maximum Gasteiger partial charge on any atom is 0.224 e. The number of rotatable bonds is 9. The van der Waals surface area contributed by atoms with Crippen LogP contribution in [0.2, 0.25) is 0 Å². The van der Waals surface area contributed by atoms with Crippen LogP contribution in [0.15, 0.2) is 35.7 Å². The zero-order valence-corrected chi connectivity index (χ0v) is 19.1. The van der Waals surface area contributed by atoms with Gasteiger partial charge in [0.1, 0.15) is 5.75 Å². The van der Waals surface area contributed by atoms with Crippen LogP contribution in [-0.4, -0.2) is 38.7 Å². The first kappa shape index (κ1) is 22.4. The second-order valence-corrected chi connectivity index (χ2v) is 7.33. The van der Waals surface area contributed by atoms with E-state index < -0.39 is 0 Å². The fraction of sp³-hybridized carbons (Fsp3) is 0.304. The molecule has 3 aromatic rings. The lowest BCUT2D eigenvalue weighted by molar-refractivity contribution is -0.116. The van der Waals surface area contributed by atoms with Gasteiger partial charge in [-0.1, -0.05) is 13.0 Å². The molecule has 0 saturated carbocycles. The largest absolute Gasteiger partial charge is 0.495 e. The first-order valence-corrected chi connectivity index (χ1v) is 10.6. The normalized spacial score (nSPS) is 10.5. The molecule has 1 aromatic heterocycles. The molecule has 2 aromatic carbocycles. The Labute approximate surface area is 186 Å². The molecular weight excluding hydrogens is 416 g/mol. The summed E-state index contributed by atoms with van der Waals surface area (Å²) >= 11 is 1.35. The summed E-state index contributed by atoms with van der Waals surface area (Å²) in [7, 11) is 6.31. The van der Waals surface area contributed by atoms with E-state index in [2.05, 4.69) is 9.69 Å². The molecule has 1 heterocycles. The van der Waals surface area contributed by atoms with Crippen LogP contribution in [0.5, 0.6) is 23.0 Å². The molecule has 0 aliphatic carbocycles. The average Bonchev–Trinajstić information content (AvgIpc) is 3.28. The fourth-order valence-corrected chi connectivity index (χ4v) is 4.00. The van der Waals surface area contributed by atoms with E-state index in [1.165, 1.54) is 11.5 Å². The lowest BCUT2D eigenvalue weighted by Gasteiger charge is -2.15. The highest BCUT2D eigenvalue weighted by Gasteiger charge is 2.19. The van der Waals surface area contributed by atoms with Crippen molar-refractivity contribution in [3.8, 4) is 45.4 Å². The number of nitrogens with zero attached hydrogens (tertiary/aromatic N) is 1. The second kappa shape index (κ2) is 10.2. The van der Waals surface area contributed by atoms with E-state index >= 15 is 0 Å². The summed E-state index contributed by atoms with van der Waals surface area (Å²) in [5.41, 5.74) is 4.07. The van der Waals surface area contributed by atoms with Crippen LogP contribution >= 0.6 is 11.5 Å². The van der Waals surface area contributed by atoms with Gasteiger partial charge in [-0.05, 0) is 47.8 Å². The van der Waals surface area contributed by atoms with E-state index in [0.717, 1.165) is 28.8 Å². The molecule has 31 heavy (non-hydrogen) atoms. The summed E-state index contributed by atoms with van der Waals surface area (Å²) in [5, 5.41) is 4.91. The third-order valence-corrected chi connectivity index (χ3v) is 5.40. The van der Waals surface area contributed by atoms with Crippen LogP contribution in [0.25, 0.3) is 22.4 Å². The zero-order valence-electron chi connectivity index (χ0n) is 18.3. The van der Waals surface area contributed by atoms with Crippen molar-refractivity contribution in [2.24, 2.45) is 0 Å². The van der Waals surface area contributed by atoms with Gasteiger partial charge in [-0.25, -0.2) is 0 Å². The van der Waals surface area contributed by atoms with Crippen LogP contribution in [-0.2, 0) is 4.79 Å². The second-order valence-electron chi connectivity index (χ2n) is 6.70. The molecular formula is C23H26N2O5S. The Morgan fingerprint density at radius 2 is 1.61 bits per heavy atom. The number of ether oxygens (including phenoxy) is 4. The van der Waals surface area contributed by atoms with Crippen molar-refractivity contribution >= 4 is 23.1 Å². The Morgan fingerprint density at radius 1 is 0.935 bits per heavy atom. The molecule has 0 saturated heterocycles. The van der Waals surface area contributed by atoms with E-state index in [0.29, 0.717) is 35.1 Å². The van der Waals surface area contributed by atoms with Gasteiger partial charge in [0, 0.05) is 22.9 Å². The molecule has 0 fully saturated rings. The average molecular weight is 443 g/mol. The molecule has 1 N–H and O–H groups in total. The number of hydrogen-bond acceptors (Lipinski definition) is 7. The van der Waals surface area contributed by atoms with Crippen molar-refractivity contribution < 1.29 is 23.7 Å². The minimum absolute atomic E-state index is 0.0498. The summed E-state index contributed by atoms with van der Waals surface area (Å²) in [5.74, 6) is 2.18. The monoisotopic (exact) mass is 442 g/mol. The van der Waals surface area contributed by atoms with E-state index in [1.54, 1.807) is 28.4 Å². The van der Waals surface area contributed by atoms with E-state index in [9.17, 15) is 4.79 Å². The maximum absolute atomic E-state index is 12.2. The number of aromatic nitrogens is 1. The first-order valence-electron chi connectivity index (χ1n) is 9.79. The predicted octanol–water partition coefficient (Wildman–Crippen LogP) is 5.25. The molecule has 0 aliphatic rings. The number of methoxy groups -OCH3 is 4. The van der Waals surface area contributed by atoms with Gasteiger partial charge in [0.05, 0.1) is 39.8 Å². The molecule has 0 bridgehead atoms. The van der Waals surface area contributed by atoms with Gasteiger partial charge >= 0.3 is 0 Å². The molecule has 1 amide bonds. The third-order valence-electron chi connectivity index (χ3n) is 4.77. The van der Waals surface area contributed by atoms with Gasteiger partial charge in [-0.15, -0.1) is 0 Å². The molecule has 0 atom stereocenters. The summed E-state index contributed by atoms with van der Waals surface area (Å²) in [6.45, 7) is 1.97. The SMILES string of the molecule is CCCC(=O)Nc1cc(-c2csnc2-c2cc(OC)c(OC)c(OC)c2)ccc1OC. The van der Waals surface area contributed by atoms with Gasteiger partial charge in [-0.3, -0.25) is 4.79 Å². The smallest absolute Gasteiger partial charge is 0.224 e. The predicted molar refractivity (Wildman–Crippen MR) is 123 cm³/mol. The minimum atomic E-state index is -0.0498. The van der Waals surface area contributed by atoms with Crippen LogP contribution in [0.4, 0.5) is 5.69 Å². The van der Waals surface area contributed by atoms with Crippen molar-refractivity contribution in [2.75, 3.05) is 33.8 Å². The van der Waals surface area contributed by atoms with E-state index in [1.807, 2.05) is 42.6 Å². The standard InChI is InChI=1S/C23H26N2O5S/c1-6-7-21(26)24-17-10-14(8-9-18(17)27-2)16-13-31-25-22(16)15-11-19(28-3)23(30-5)20(12-15)29-4/h8-13H,6-7H2,1-5H3,(H,24,26).